The predicted molar refractivity (Wildman–Crippen MR) is 99.3 cm³/mol. The average molecular weight is 368 g/mol. The van der Waals surface area contributed by atoms with E-state index >= 15 is 0 Å². The molecule has 4 heterocycles. The third-order valence-electron chi connectivity index (χ3n) is 5.05. The van der Waals surface area contributed by atoms with Crippen LogP contribution in [0.5, 0.6) is 0 Å². The van der Waals surface area contributed by atoms with Crippen LogP contribution in [-0.2, 0) is 7.05 Å². The van der Waals surface area contributed by atoms with Crippen LogP contribution in [0.25, 0.3) is 11.4 Å². The van der Waals surface area contributed by atoms with Gasteiger partial charge in [-0.2, -0.15) is 10.1 Å². The van der Waals surface area contributed by atoms with Crippen molar-refractivity contribution < 1.29 is 9.32 Å². The lowest BCUT2D eigenvalue weighted by Gasteiger charge is -2.30. The SMILES string of the molecule is CC(C)c1noc([C@@H]2CCCN(C(=O)c3cc(-c4cccn4C)n[nH]3)C2)n1. The minimum atomic E-state index is -0.0451. The molecule has 1 aliphatic rings. The van der Waals surface area contributed by atoms with Crippen molar-refractivity contribution in [1.29, 1.82) is 0 Å². The summed E-state index contributed by atoms with van der Waals surface area (Å²) >= 11 is 0. The first kappa shape index (κ1) is 17.5. The normalized spacial score (nSPS) is 17.6. The van der Waals surface area contributed by atoms with Gasteiger partial charge in [-0.05, 0) is 31.0 Å². The third-order valence-corrected chi connectivity index (χ3v) is 5.05. The Hall–Kier alpha value is -2.90. The standard InChI is InChI=1S/C19H24N6O2/c1-12(2)17-20-18(27-23-17)13-6-4-9-25(11-13)19(26)15-10-14(21-22-15)16-7-5-8-24(16)3/h5,7-8,10,12-13H,4,6,9,11H2,1-3H3,(H,21,22)/t13-/m1/s1. The summed E-state index contributed by atoms with van der Waals surface area (Å²) in [6.07, 6.45) is 3.81. The van der Waals surface area contributed by atoms with E-state index in [0.717, 1.165) is 30.8 Å². The Morgan fingerprint density at radius 3 is 2.96 bits per heavy atom. The number of piperidine rings is 1. The number of aromatic amines is 1. The summed E-state index contributed by atoms with van der Waals surface area (Å²) in [7, 11) is 1.95. The van der Waals surface area contributed by atoms with Gasteiger partial charge in [0.15, 0.2) is 5.82 Å². The second-order valence-electron chi connectivity index (χ2n) is 7.41. The maximum absolute atomic E-state index is 12.9. The van der Waals surface area contributed by atoms with Gasteiger partial charge in [0, 0.05) is 32.3 Å². The molecule has 1 saturated heterocycles. The van der Waals surface area contributed by atoms with E-state index in [4.69, 9.17) is 4.52 Å². The van der Waals surface area contributed by atoms with Crippen LogP contribution >= 0.6 is 0 Å². The van der Waals surface area contributed by atoms with E-state index in [-0.39, 0.29) is 17.7 Å². The fourth-order valence-electron chi connectivity index (χ4n) is 3.47. The van der Waals surface area contributed by atoms with Crippen molar-refractivity contribution in [2.75, 3.05) is 13.1 Å². The van der Waals surface area contributed by atoms with Crippen LogP contribution in [0.1, 0.15) is 60.7 Å². The molecular formula is C19H24N6O2. The second kappa shape index (κ2) is 7.02. The van der Waals surface area contributed by atoms with Crippen molar-refractivity contribution in [3.8, 4) is 11.4 Å². The van der Waals surface area contributed by atoms with Gasteiger partial charge in [0.25, 0.3) is 5.91 Å². The van der Waals surface area contributed by atoms with Gasteiger partial charge in [0.2, 0.25) is 5.89 Å². The zero-order valence-corrected chi connectivity index (χ0v) is 15.8. The van der Waals surface area contributed by atoms with Gasteiger partial charge in [0.05, 0.1) is 11.6 Å². The Morgan fingerprint density at radius 2 is 2.26 bits per heavy atom. The number of carbonyl (C=O) groups is 1. The van der Waals surface area contributed by atoms with Crippen LogP contribution in [0.3, 0.4) is 0 Å². The van der Waals surface area contributed by atoms with Crippen LogP contribution in [0.2, 0.25) is 0 Å². The average Bonchev–Trinajstić information content (AvgIpc) is 3.41. The summed E-state index contributed by atoms with van der Waals surface area (Å²) < 4.78 is 7.42. The Bertz CT molecular complexity index is 938. The monoisotopic (exact) mass is 368 g/mol. The summed E-state index contributed by atoms with van der Waals surface area (Å²) in [6.45, 7) is 5.37. The van der Waals surface area contributed by atoms with E-state index in [1.807, 2.05) is 54.8 Å². The van der Waals surface area contributed by atoms with Crippen molar-refractivity contribution in [2.45, 2.75) is 38.5 Å². The van der Waals surface area contributed by atoms with Gasteiger partial charge in [-0.1, -0.05) is 19.0 Å². The molecule has 8 heteroatoms. The number of rotatable bonds is 4. The molecule has 1 N–H and O–H groups in total. The molecule has 1 aliphatic heterocycles. The van der Waals surface area contributed by atoms with Crippen LogP contribution in [0, 0.1) is 0 Å². The number of hydrogen-bond donors (Lipinski definition) is 1. The predicted octanol–water partition coefficient (Wildman–Crippen LogP) is 2.94. The van der Waals surface area contributed by atoms with E-state index < -0.39 is 0 Å². The molecule has 8 nitrogen and oxygen atoms in total. The Balaban J connectivity index is 1.49. The first-order valence-electron chi connectivity index (χ1n) is 9.33. The highest BCUT2D eigenvalue weighted by atomic mass is 16.5. The van der Waals surface area contributed by atoms with Gasteiger partial charge in [-0.25, -0.2) is 0 Å². The first-order chi connectivity index (χ1) is 13.0. The molecule has 0 saturated carbocycles. The number of amides is 1. The molecule has 0 radical (unpaired) electrons. The van der Waals surface area contributed by atoms with Crippen molar-refractivity contribution in [3.05, 3.63) is 41.8 Å². The summed E-state index contributed by atoms with van der Waals surface area (Å²) in [4.78, 5) is 19.3. The summed E-state index contributed by atoms with van der Waals surface area (Å²) in [5.74, 6) is 1.61. The number of H-pyrrole nitrogens is 1. The molecule has 0 unspecified atom stereocenters. The zero-order valence-electron chi connectivity index (χ0n) is 15.8. The number of likely N-dealkylation sites (tertiary alicyclic amines) is 1. The van der Waals surface area contributed by atoms with Crippen LogP contribution in [0.15, 0.2) is 28.9 Å². The van der Waals surface area contributed by atoms with Crippen molar-refractivity contribution in [2.24, 2.45) is 7.05 Å². The molecule has 4 rings (SSSR count). The Morgan fingerprint density at radius 1 is 1.41 bits per heavy atom. The van der Waals surface area contributed by atoms with Crippen molar-refractivity contribution >= 4 is 5.91 Å². The van der Waals surface area contributed by atoms with Gasteiger partial charge in [-0.3, -0.25) is 9.89 Å². The third kappa shape index (κ3) is 3.39. The second-order valence-corrected chi connectivity index (χ2v) is 7.41. The number of carbonyl (C=O) groups excluding carboxylic acids is 1. The minimum Gasteiger partial charge on any atom is -0.349 e. The first-order valence-corrected chi connectivity index (χ1v) is 9.33. The lowest BCUT2D eigenvalue weighted by molar-refractivity contribution is 0.0689. The topological polar surface area (TPSA) is 92.8 Å². The Kier molecular flexibility index (Phi) is 4.55. The highest BCUT2D eigenvalue weighted by molar-refractivity contribution is 5.93. The number of nitrogens with zero attached hydrogens (tertiary/aromatic N) is 5. The fraction of sp³-hybridized carbons (Fsp3) is 0.474. The molecule has 0 bridgehead atoms. The smallest absolute Gasteiger partial charge is 0.271 e. The number of nitrogens with one attached hydrogen (secondary N) is 1. The maximum atomic E-state index is 12.9. The molecule has 27 heavy (non-hydrogen) atoms. The molecule has 3 aromatic rings. The van der Waals surface area contributed by atoms with E-state index in [2.05, 4.69) is 20.3 Å². The Labute approximate surface area is 157 Å². The van der Waals surface area contributed by atoms with Crippen molar-refractivity contribution in [1.82, 2.24) is 29.8 Å². The number of aryl methyl sites for hydroxylation is 1. The van der Waals surface area contributed by atoms with E-state index in [1.54, 1.807) is 0 Å². The van der Waals surface area contributed by atoms with E-state index in [9.17, 15) is 4.79 Å². The van der Waals surface area contributed by atoms with Crippen molar-refractivity contribution in [3.63, 3.8) is 0 Å². The molecular weight excluding hydrogens is 344 g/mol. The summed E-state index contributed by atoms with van der Waals surface area (Å²) in [6, 6.07) is 5.74. The summed E-state index contributed by atoms with van der Waals surface area (Å²) in [5.41, 5.74) is 2.23. The number of hydrogen-bond acceptors (Lipinski definition) is 5. The van der Waals surface area contributed by atoms with E-state index in [1.165, 1.54) is 0 Å². The van der Waals surface area contributed by atoms with E-state index in [0.29, 0.717) is 24.0 Å². The number of aromatic nitrogens is 5. The molecule has 0 spiro atoms. The van der Waals surface area contributed by atoms with Gasteiger partial charge in [-0.15, -0.1) is 0 Å². The quantitative estimate of drug-likeness (QED) is 0.764. The zero-order chi connectivity index (χ0) is 19.0. The maximum Gasteiger partial charge on any atom is 0.271 e. The van der Waals surface area contributed by atoms with Crippen LogP contribution in [-0.4, -0.2) is 48.8 Å². The van der Waals surface area contributed by atoms with Gasteiger partial charge >= 0.3 is 0 Å². The molecule has 0 aliphatic carbocycles. The van der Waals surface area contributed by atoms with Gasteiger partial charge < -0.3 is 14.0 Å². The highest BCUT2D eigenvalue weighted by Gasteiger charge is 2.30. The molecule has 3 aromatic heterocycles. The van der Waals surface area contributed by atoms with Crippen LogP contribution in [0.4, 0.5) is 0 Å². The lowest BCUT2D eigenvalue weighted by atomic mass is 9.97. The lowest BCUT2D eigenvalue weighted by Crippen LogP contribution is -2.39. The highest BCUT2D eigenvalue weighted by Crippen LogP contribution is 2.28. The molecule has 0 aromatic carbocycles. The van der Waals surface area contributed by atoms with Crippen LogP contribution < -0.4 is 0 Å². The largest absolute Gasteiger partial charge is 0.349 e. The minimum absolute atomic E-state index is 0.0451. The molecule has 1 amide bonds. The fourth-order valence-corrected chi connectivity index (χ4v) is 3.47. The molecule has 1 fully saturated rings. The summed E-state index contributed by atoms with van der Waals surface area (Å²) in [5, 5.41) is 11.2. The van der Waals surface area contributed by atoms with Gasteiger partial charge in [0.1, 0.15) is 11.4 Å². The molecule has 1 atom stereocenters. The molecule has 142 valence electrons.